The maximum Gasteiger partial charge on any atom is 0.416 e. The Morgan fingerprint density at radius 3 is 2.19 bits per heavy atom. The van der Waals surface area contributed by atoms with Gasteiger partial charge in [0.25, 0.3) is 11.8 Å². The van der Waals surface area contributed by atoms with Crippen LogP contribution in [0.2, 0.25) is 0 Å². The van der Waals surface area contributed by atoms with Crippen molar-refractivity contribution < 1.29 is 22.8 Å². The molecule has 5 nitrogen and oxygen atoms in total. The lowest BCUT2D eigenvalue weighted by molar-refractivity contribution is -0.137. The summed E-state index contributed by atoms with van der Waals surface area (Å²) in [5.41, 5.74) is 5.70. The monoisotopic (exact) mass is 439 g/mol. The number of carbonyl (C=O) groups excluding carboxylic acids is 2. The van der Waals surface area contributed by atoms with Gasteiger partial charge in [0, 0.05) is 17.8 Å². The summed E-state index contributed by atoms with van der Waals surface area (Å²) in [5, 5.41) is 5.01. The Bertz CT molecular complexity index is 1140. The van der Waals surface area contributed by atoms with Gasteiger partial charge in [-0.15, -0.1) is 0 Å². The fourth-order valence-electron chi connectivity index (χ4n) is 2.94. The summed E-state index contributed by atoms with van der Waals surface area (Å²) in [6.45, 7) is 0.0327. The zero-order chi connectivity index (χ0) is 23.1. The van der Waals surface area contributed by atoms with E-state index in [9.17, 15) is 22.8 Å². The molecule has 8 heteroatoms. The predicted octanol–water partition coefficient (Wildman–Crippen LogP) is 4.37. The molecule has 3 aromatic carbocycles. The lowest BCUT2D eigenvalue weighted by Gasteiger charge is -2.14. The minimum absolute atomic E-state index is 0.0327. The van der Waals surface area contributed by atoms with Gasteiger partial charge in [-0.05, 0) is 41.5 Å². The third kappa shape index (κ3) is 5.75. The summed E-state index contributed by atoms with van der Waals surface area (Å²) in [6, 6.07) is 19.7. The van der Waals surface area contributed by atoms with Crippen LogP contribution in [0.5, 0.6) is 0 Å². The molecule has 0 saturated carbocycles. The first-order valence-corrected chi connectivity index (χ1v) is 9.61. The molecule has 2 amide bonds. The van der Waals surface area contributed by atoms with E-state index in [2.05, 4.69) is 10.6 Å². The van der Waals surface area contributed by atoms with Gasteiger partial charge < -0.3 is 16.4 Å². The molecule has 0 aromatic heterocycles. The van der Waals surface area contributed by atoms with Crippen molar-refractivity contribution in [2.75, 3.05) is 5.73 Å². The van der Waals surface area contributed by atoms with Crippen LogP contribution < -0.4 is 16.4 Å². The second kappa shape index (κ2) is 9.82. The van der Waals surface area contributed by atoms with Gasteiger partial charge in [-0.1, -0.05) is 54.6 Å². The fourth-order valence-corrected chi connectivity index (χ4v) is 2.94. The molecule has 0 spiro atoms. The molecule has 3 rings (SSSR count). The number of hydrogen-bond acceptors (Lipinski definition) is 3. The van der Waals surface area contributed by atoms with E-state index in [1.54, 1.807) is 42.5 Å². The van der Waals surface area contributed by atoms with Crippen molar-refractivity contribution in [3.63, 3.8) is 0 Å². The van der Waals surface area contributed by atoms with Gasteiger partial charge in [-0.2, -0.15) is 13.2 Å². The molecule has 0 heterocycles. The molecule has 164 valence electrons. The Hall–Kier alpha value is -4.07. The predicted molar refractivity (Wildman–Crippen MR) is 116 cm³/mol. The molecular weight excluding hydrogens is 419 g/mol. The van der Waals surface area contributed by atoms with Crippen LogP contribution in [0.3, 0.4) is 0 Å². The summed E-state index contributed by atoms with van der Waals surface area (Å²) in [7, 11) is 0. The zero-order valence-electron chi connectivity index (χ0n) is 16.8. The Morgan fingerprint density at radius 1 is 0.875 bits per heavy atom. The topological polar surface area (TPSA) is 84.2 Å². The minimum atomic E-state index is -4.63. The summed E-state index contributed by atoms with van der Waals surface area (Å²) >= 11 is 0. The van der Waals surface area contributed by atoms with E-state index in [-0.39, 0.29) is 23.4 Å². The van der Waals surface area contributed by atoms with Crippen molar-refractivity contribution in [3.05, 3.63) is 107 Å². The first kappa shape index (κ1) is 22.6. The van der Waals surface area contributed by atoms with Crippen LogP contribution >= 0.6 is 0 Å². The van der Waals surface area contributed by atoms with Crippen molar-refractivity contribution in [2.45, 2.75) is 12.7 Å². The van der Waals surface area contributed by atoms with Crippen molar-refractivity contribution >= 4 is 23.6 Å². The maximum atomic E-state index is 13.4. The van der Waals surface area contributed by atoms with Crippen LogP contribution in [0.15, 0.2) is 84.6 Å². The van der Waals surface area contributed by atoms with Gasteiger partial charge >= 0.3 is 6.18 Å². The van der Waals surface area contributed by atoms with Crippen molar-refractivity contribution in [1.29, 1.82) is 0 Å². The second-order valence-corrected chi connectivity index (χ2v) is 6.84. The number of nitrogens with two attached hydrogens (primary N) is 1. The standard InChI is InChI=1S/C24H20F3N3O2/c25-24(26,27)19-12-6-4-10-17(19)14-21(30-22(31)16-8-2-1-3-9-16)23(32)29-15-18-11-5-7-13-20(18)28/h1-14H,15,28H2,(H,29,32)(H,30,31)/b21-14-. The summed E-state index contributed by atoms with van der Waals surface area (Å²) in [4.78, 5) is 25.4. The molecule has 0 unspecified atom stereocenters. The normalized spacial score (nSPS) is 11.7. The molecule has 0 radical (unpaired) electrons. The van der Waals surface area contributed by atoms with Gasteiger partial charge in [0.2, 0.25) is 0 Å². The van der Waals surface area contributed by atoms with Crippen LogP contribution in [0.1, 0.15) is 27.0 Å². The van der Waals surface area contributed by atoms with Crippen LogP contribution in [0.25, 0.3) is 6.08 Å². The van der Waals surface area contributed by atoms with E-state index in [1.165, 1.54) is 30.3 Å². The summed E-state index contributed by atoms with van der Waals surface area (Å²) in [6.07, 6.45) is -3.62. The maximum absolute atomic E-state index is 13.4. The minimum Gasteiger partial charge on any atom is -0.398 e. The SMILES string of the molecule is Nc1ccccc1CNC(=O)/C(=C/c1ccccc1C(F)(F)F)NC(=O)c1ccccc1. The number of nitrogens with one attached hydrogen (secondary N) is 2. The quantitative estimate of drug-likeness (QED) is 0.394. The number of anilines is 1. The molecule has 0 fully saturated rings. The smallest absolute Gasteiger partial charge is 0.398 e. The Kier molecular flexibility index (Phi) is 6.94. The number of benzene rings is 3. The number of hydrogen-bond donors (Lipinski definition) is 3. The Labute approximate surface area is 182 Å². The van der Waals surface area contributed by atoms with E-state index in [4.69, 9.17) is 5.73 Å². The number of nitrogen functional groups attached to an aromatic ring is 1. The molecule has 0 aliphatic rings. The van der Waals surface area contributed by atoms with Crippen LogP contribution in [-0.2, 0) is 17.5 Å². The third-order valence-corrected chi connectivity index (χ3v) is 4.59. The van der Waals surface area contributed by atoms with Crippen LogP contribution in [0.4, 0.5) is 18.9 Å². The highest BCUT2D eigenvalue weighted by atomic mass is 19.4. The van der Waals surface area contributed by atoms with E-state index in [0.29, 0.717) is 11.3 Å². The molecule has 0 saturated heterocycles. The van der Waals surface area contributed by atoms with E-state index >= 15 is 0 Å². The number of rotatable bonds is 6. The highest BCUT2D eigenvalue weighted by Gasteiger charge is 2.32. The molecule has 32 heavy (non-hydrogen) atoms. The van der Waals surface area contributed by atoms with Crippen LogP contribution in [-0.4, -0.2) is 11.8 Å². The van der Waals surface area contributed by atoms with E-state index in [1.807, 2.05) is 0 Å². The molecular formula is C24H20F3N3O2. The van der Waals surface area contributed by atoms with Gasteiger partial charge in [-0.25, -0.2) is 0 Å². The first-order valence-electron chi connectivity index (χ1n) is 9.61. The first-order chi connectivity index (χ1) is 15.3. The lowest BCUT2D eigenvalue weighted by Crippen LogP contribution is -2.34. The highest BCUT2D eigenvalue weighted by molar-refractivity contribution is 6.05. The highest BCUT2D eigenvalue weighted by Crippen LogP contribution is 2.32. The van der Waals surface area contributed by atoms with Crippen LogP contribution in [0, 0.1) is 0 Å². The summed E-state index contributed by atoms with van der Waals surface area (Å²) in [5.74, 6) is -1.38. The molecule has 3 aromatic rings. The van der Waals surface area contributed by atoms with Gasteiger partial charge in [0.05, 0.1) is 5.56 Å². The summed E-state index contributed by atoms with van der Waals surface area (Å²) < 4.78 is 40.2. The third-order valence-electron chi connectivity index (χ3n) is 4.59. The average molecular weight is 439 g/mol. The fraction of sp³-hybridized carbons (Fsp3) is 0.0833. The molecule has 4 N–H and O–H groups in total. The van der Waals surface area contributed by atoms with Crippen molar-refractivity contribution in [1.82, 2.24) is 10.6 Å². The van der Waals surface area contributed by atoms with E-state index < -0.39 is 23.6 Å². The largest absolute Gasteiger partial charge is 0.416 e. The molecule has 0 aliphatic heterocycles. The second-order valence-electron chi connectivity index (χ2n) is 6.84. The van der Waals surface area contributed by atoms with Gasteiger partial charge in [-0.3, -0.25) is 9.59 Å². The molecule has 0 bridgehead atoms. The number of para-hydroxylation sites is 1. The van der Waals surface area contributed by atoms with E-state index in [0.717, 1.165) is 12.1 Å². The number of amides is 2. The number of halogens is 3. The number of alkyl halides is 3. The lowest BCUT2D eigenvalue weighted by atomic mass is 10.1. The number of carbonyl (C=O) groups is 2. The molecule has 0 atom stereocenters. The van der Waals surface area contributed by atoms with Gasteiger partial charge in [0.15, 0.2) is 0 Å². The Morgan fingerprint density at radius 2 is 1.50 bits per heavy atom. The Balaban J connectivity index is 1.92. The average Bonchev–Trinajstić information content (AvgIpc) is 2.78. The van der Waals surface area contributed by atoms with Crippen molar-refractivity contribution in [2.24, 2.45) is 0 Å². The van der Waals surface area contributed by atoms with Crippen molar-refractivity contribution in [3.8, 4) is 0 Å². The van der Waals surface area contributed by atoms with Gasteiger partial charge in [0.1, 0.15) is 5.70 Å². The zero-order valence-corrected chi connectivity index (χ0v) is 16.8. The molecule has 0 aliphatic carbocycles.